The number of hydrogen-bond donors (Lipinski definition) is 2. The normalized spacial score (nSPS) is 12.1. The third-order valence-electron chi connectivity index (χ3n) is 3.21. The van der Waals surface area contributed by atoms with Gasteiger partial charge in [0.2, 0.25) is 0 Å². The number of H-pyrrole nitrogens is 1. The van der Waals surface area contributed by atoms with Gasteiger partial charge in [-0.3, -0.25) is 9.59 Å². The number of allylic oxidation sites excluding steroid dienone is 1. The largest absolute Gasteiger partial charge is 0.348 e. The van der Waals surface area contributed by atoms with Crippen LogP contribution in [0.15, 0.2) is 24.7 Å². The summed E-state index contributed by atoms with van der Waals surface area (Å²) in [6, 6.07) is -0.479. The van der Waals surface area contributed by atoms with Gasteiger partial charge < -0.3 is 10.7 Å². The zero-order valence-corrected chi connectivity index (χ0v) is 12.0. The van der Waals surface area contributed by atoms with Crippen LogP contribution in [0.2, 0.25) is 0 Å². The van der Waals surface area contributed by atoms with Crippen LogP contribution in [0.5, 0.6) is 0 Å². The third kappa shape index (κ3) is 5.93. The van der Waals surface area contributed by atoms with Crippen LogP contribution in [0.25, 0.3) is 0 Å². The van der Waals surface area contributed by atoms with E-state index in [0.29, 0.717) is 24.8 Å². The van der Waals surface area contributed by atoms with Crippen molar-refractivity contribution in [3.63, 3.8) is 0 Å². The third-order valence-corrected chi connectivity index (χ3v) is 3.21. The van der Waals surface area contributed by atoms with Gasteiger partial charge in [0.05, 0.1) is 12.4 Å². The summed E-state index contributed by atoms with van der Waals surface area (Å²) in [4.78, 5) is 30.0. The highest BCUT2D eigenvalue weighted by atomic mass is 16.1. The van der Waals surface area contributed by atoms with Crippen molar-refractivity contribution in [1.29, 1.82) is 0 Å². The number of aromatic amines is 1. The Hall–Kier alpha value is -1.75. The van der Waals surface area contributed by atoms with Crippen LogP contribution in [-0.2, 0) is 16.0 Å². The molecule has 1 atom stereocenters. The SMILES string of the molecule is C=C(C)C(=O)CCCCCC(=O)C(N)Cc1cnc[nH]1. The number of Topliss-reactive ketones (excluding diaryl/α,β-unsaturated/α-hetero) is 2. The van der Waals surface area contributed by atoms with Gasteiger partial charge in [0, 0.05) is 31.2 Å². The van der Waals surface area contributed by atoms with Crippen molar-refractivity contribution in [2.75, 3.05) is 0 Å². The zero-order valence-electron chi connectivity index (χ0n) is 12.0. The van der Waals surface area contributed by atoms with E-state index in [1.54, 1.807) is 19.4 Å². The highest BCUT2D eigenvalue weighted by Crippen LogP contribution is 2.08. The van der Waals surface area contributed by atoms with Gasteiger partial charge in [0.25, 0.3) is 0 Å². The van der Waals surface area contributed by atoms with E-state index in [1.165, 1.54) is 0 Å². The van der Waals surface area contributed by atoms with Gasteiger partial charge in [-0.15, -0.1) is 0 Å². The minimum Gasteiger partial charge on any atom is -0.348 e. The number of ketones is 2. The fourth-order valence-electron chi connectivity index (χ4n) is 1.91. The number of nitrogens with two attached hydrogens (primary N) is 1. The minimum absolute atomic E-state index is 0.0610. The fraction of sp³-hybridized carbons (Fsp3) is 0.533. The zero-order chi connectivity index (χ0) is 15.0. The van der Waals surface area contributed by atoms with E-state index in [-0.39, 0.29) is 11.6 Å². The molecule has 1 unspecified atom stereocenters. The molecule has 0 bridgehead atoms. The predicted octanol–water partition coefficient (Wildman–Crippen LogP) is 1.94. The Labute approximate surface area is 119 Å². The highest BCUT2D eigenvalue weighted by Gasteiger charge is 2.14. The van der Waals surface area contributed by atoms with Crippen molar-refractivity contribution in [3.05, 3.63) is 30.4 Å². The van der Waals surface area contributed by atoms with Gasteiger partial charge in [0.15, 0.2) is 5.78 Å². The fourth-order valence-corrected chi connectivity index (χ4v) is 1.91. The number of carbonyl (C=O) groups excluding carboxylic acids is 2. The molecular formula is C15H23N3O2. The molecule has 0 fully saturated rings. The first-order valence-corrected chi connectivity index (χ1v) is 6.95. The molecule has 0 radical (unpaired) electrons. The van der Waals surface area contributed by atoms with Gasteiger partial charge in [-0.2, -0.15) is 0 Å². The number of aromatic nitrogens is 2. The maximum atomic E-state index is 11.8. The number of carbonyl (C=O) groups is 2. The molecule has 0 aliphatic carbocycles. The van der Waals surface area contributed by atoms with Crippen LogP contribution in [-0.4, -0.2) is 27.6 Å². The number of rotatable bonds is 10. The topological polar surface area (TPSA) is 88.8 Å². The van der Waals surface area contributed by atoms with Crippen molar-refractivity contribution >= 4 is 11.6 Å². The van der Waals surface area contributed by atoms with Crippen LogP contribution in [0.3, 0.4) is 0 Å². The van der Waals surface area contributed by atoms with Gasteiger partial charge in [-0.1, -0.05) is 13.0 Å². The Morgan fingerprint density at radius 2 is 2.05 bits per heavy atom. The average molecular weight is 277 g/mol. The van der Waals surface area contributed by atoms with E-state index in [2.05, 4.69) is 16.5 Å². The predicted molar refractivity (Wildman–Crippen MR) is 78.2 cm³/mol. The lowest BCUT2D eigenvalue weighted by Gasteiger charge is -2.09. The molecule has 110 valence electrons. The molecule has 0 saturated heterocycles. The van der Waals surface area contributed by atoms with Crippen molar-refractivity contribution in [2.45, 2.75) is 51.5 Å². The Kier molecular flexibility index (Phi) is 6.87. The standard InChI is InChI=1S/C15H23N3O2/c1-11(2)14(19)6-4-3-5-7-15(20)13(16)8-12-9-17-10-18-12/h9-10,13H,1,3-8,16H2,2H3,(H,17,18). The number of nitrogens with one attached hydrogen (secondary N) is 1. The summed E-state index contributed by atoms with van der Waals surface area (Å²) < 4.78 is 0. The summed E-state index contributed by atoms with van der Waals surface area (Å²) in [6.45, 7) is 5.34. The first kappa shape index (κ1) is 16.3. The molecule has 0 saturated carbocycles. The summed E-state index contributed by atoms with van der Waals surface area (Å²) in [7, 11) is 0. The maximum absolute atomic E-state index is 11.8. The molecule has 0 aromatic carbocycles. The first-order chi connectivity index (χ1) is 9.50. The lowest BCUT2D eigenvalue weighted by Crippen LogP contribution is -2.32. The van der Waals surface area contributed by atoms with E-state index >= 15 is 0 Å². The second-order valence-corrected chi connectivity index (χ2v) is 5.12. The Morgan fingerprint density at radius 3 is 2.65 bits per heavy atom. The van der Waals surface area contributed by atoms with Gasteiger partial charge in [0.1, 0.15) is 5.78 Å². The van der Waals surface area contributed by atoms with Crippen molar-refractivity contribution in [2.24, 2.45) is 5.73 Å². The molecule has 1 rings (SSSR count). The van der Waals surface area contributed by atoms with Gasteiger partial charge in [-0.25, -0.2) is 4.98 Å². The molecule has 0 aliphatic heterocycles. The van der Waals surface area contributed by atoms with E-state index in [0.717, 1.165) is 25.0 Å². The molecule has 0 amide bonds. The molecule has 20 heavy (non-hydrogen) atoms. The van der Waals surface area contributed by atoms with E-state index in [4.69, 9.17) is 5.73 Å². The quantitative estimate of drug-likeness (QED) is 0.505. The van der Waals surface area contributed by atoms with Crippen molar-refractivity contribution < 1.29 is 9.59 Å². The molecule has 0 aliphatic rings. The van der Waals surface area contributed by atoms with Crippen LogP contribution < -0.4 is 5.73 Å². The second-order valence-electron chi connectivity index (χ2n) is 5.12. The Morgan fingerprint density at radius 1 is 1.35 bits per heavy atom. The van der Waals surface area contributed by atoms with Gasteiger partial charge >= 0.3 is 0 Å². The summed E-state index contributed by atoms with van der Waals surface area (Å²) >= 11 is 0. The maximum Gasteiger partial charge on any atom is 0.157 e. The molecule has 0 spiro atoms. The summed E-state index contributed by atoms with van der Waals surface area (Å²) in [5.41, 5.74) is 7.32. The molecular weight excluding hydrogens is 254 g/mol. The molecule has 5 heteroatoms. The molecule has 1 aromatic heterocycles. The summed E-state index contributed by atoms with van der Waals surface area (Å²) in [5, 5.41) is 0. The van der Waals surface area contributed by atoms with Crippen molar-refractivity contribution in [1.82, 2.24) is 9.97 Å². The molecule has 1 aromatic rings. The number of nitrogens with zero attached hydrogens (tertiary/aromatic N) is 1. The van der Waals surface area contributed by atoms with Crippen LogP contribution in [0.4, 0.5) is 0 Å². The minimum atomic E-state index is -0.479. The lowest BCUT2D eigenvalue weighted by atomic mass is 10.0. The number of unbranched alkanes of at least 4 members (excludes halogenated alkanes) is 2. The van der Waals surface area contributed by atoms with Crippen LogP contribution >= 0.6 is 0 Å². The van der Waals surface area contributed by atoms with Crippen molar-refractivity contribution in [3.8, 4) is 0 Å². The monoisotopic (exact) mass is 277 g/mol. The van der Waals surface area contributed by atoms with E-state index < -0.39 is 6.04 Å². The Balaban J connectivity index is 2.13. The smallest absolute Gasteiger partial charge is 0.157 e. The Bertz CT molecular complexity index is 452. The number of hydrogen-bond acceptors (Lipinski definition) is 4. The van der Waals surface area contributed by atoms with Gasteiger partial charge in [-0.05, 0) is 25.3 Å². The van der Waals surface area contributed by atoms with Crippen LogP contribution in [0, 0.1) is 0 Å². The summed E-state index contributed by atoms with van der Waals surface area (Å²) in [6.07, 6.45) is 7.17. The summed E-state index contributed by atoms with van der Waals surface area (Å²) in [5.74, 6) is 0.165. The molecule has 5 nitrogen and oxygen atoms in total. The lowest BCUT2D eigenvalue weighted by molar-refractivity contribution is -0.120. The average Bonchev–Trinajstić information content (AvgIpc) is 2.90. The molecule has 3 N–H and O–H groups in total. The van der Waals surface area contributed by atoms with E-state index in [9.17, 15) is 9.59 Å². The first-order valence-electron chi connectivity index (χ1n) is 6.95. The van der Waals surface area contributed by atoms with Crippen LogP contribution in [0.1, 0.15) is 44.7 Å². The molecule has 1 heterocycles. The second kappa shape index (κ2) is 8.43. The van der Waals surface area contributed by atoms with E-state index in [1.807, 2.05) is 0 Å². The highest BCUT2D eigenvalue weighted by molar-refractivity contribution is 5.94. The number of imidazole rings is 1.